The van der Waals surface area contributed by atoms with E-state index in [1.54, 1.807) is 0 Å². The van der Waals surface area contributed by atoms with E-state index in [9.17, 15) is 4.79 Å². The molecule has 0 aliphatic heterocycles. The number of hydrogen-bond acceptors (Lipinski definition) is 5. The summed E-state index contributed by atoms with van der Waals surface area (Å²) in [5, 5.41) is 6.64. The van der Waals surface area contributed by atoms with Crippen molar-refractivity contribution < 1.29 is 9.53 Å². The van der Waals surface area contributed by atoms with Crippen LogP contribution in [0.3, 0.4) is 0 Å². The number of nitrogens with zero attached hydrogens (tertiary/aromatic N) is 3. The Hall–Kier alpha value is -2.57. The number of hydrogen-bond donors (Lipinski definition) is 2. The average molecular weight is 275 g/mol. The lowest BCUT2D eigenvalue weighted by molar-refractivity contribution is -0.116. The van der Waals surface area contributed by atoms with Crippen molar-refractivity contribution >= 4 is 17.5 Å². The molecule has 0 atom stereocenters. The highest BCUT2D eigenvalue weighted by molar-refractivity contribution is 5.92. The number of carbonyl (C=O) groups excluding carboxylic acids is 1. The van der Waals surface area contributed by atoms with Gasteiger partial charge in [0, 0.05) is 0 Å². The molecule has 1 heterocycles. The summed E-state index contributed by atoms with van der Waals surface area (Å²) in [5.74, 6) is 0.571. The molecule has 7 nitrogen and oxygen atoms in total. The smallest absolute Gasteiger partial charge is 0.246 e. The van der Waals surface area contributed by atoms with Gasteiger partial charge < -0.3 is 15.8 Å². The van der Waals surface area contributed by atoms with Crippen LogP contribution in [0, 0.1) is 6.92 Å². The summed E-state index contributed by atoms with van der Waals surface area (Å²) >= 11 is 0. The number of anilines is 2. The molecule has 0 saturated heterocycles. The Morgan fingerprint density at radius 2 is 2.30 bits per heavy atom. The summed E-state index contributed by atoms with van der Waals surface area (Å²) in [4.78, 5) is 15.7. The molecule has 1 amide bonds. The molecule has 0 spiro atoms. The summed E-state index contributed by atoms with van der Waals surface area (Å²) < 4.78 is 6.88. The van der Waals surface area contributed by atoms with Gasteiger partial charge in [-0.15, -0.1) is 5.10 Å². The third kappa shape index (κ3) is 3.47. The first-order valence-corrected chi connectivity index (χ1v) is 6.26. The van der Waals surface area contributed by atoms with E-state index >= 15 is 0 Å². The van der Waals surface area contributed by atoms with Gasteiger partial charge in [-0.1, -0.05) is 6.07 Å². The third-order valence-corrected chi connectivity index (χ3v) is 2.57. The Balaban J connectivity index is 2.07. The van der Waals surface area contributed by atoms with Crippen LogP contribution in [0.5, 0.6) is 5.75 Å². The molecule has 3 N–H and O–H groups in total. The molecule has 0 radical (unpaired) electrons. The van der Waals surface area contributed by atoms with E-state index in [1.165, 1.54) is 11.0 Å². The van der Waals surface area contributed by atoms with Crippen LogP contribution in [0.15, 0.2) is 24.5 Å². The predicted octanol–water partition coefficient (Wildman–Crippen LogP) is 1.21. The van der Waals surface area contributed by atoms with Crippen molar-refractivity contribution in [3.8, 4) is 5.75 Å². The van der Waals surface area contributed by atoms with E-state index < -0.39 is 0 Å². The maximum Gasteiger partial charge on any atom is 0.246 e. The van der Waals surface area contributed by atoms with Gasteiger partial charge in [0.25, 0.3) is 0 Å². The maximum atomic E-state index is 11.9. The van der Waals surface area contributed by atoms with Gasteiger partial charge in [0.05, 0.1) is 12.3 Å². The molecule has 1 aromatic heterocycles. The number of aromatic nitrogens is 3. The highest BCUT2D eigenvalue weighted by Crippen LogP contribution is 2.25. The Kier molecular flexibility index (Phi) is 4.19. The van der Waals surface area contributed by atoms with E-state index in [0.29, 0.717) is 18.0 Å². The summed E-state index contributed by atoms with van der Waals surface area (Å²) in [7, 11) is 0. The van der Waals surface area contributed by atoms with Crippen molar-refractivity contribution in [2.45, 2.75) is 20.4 Å². The predicted molar refractivity (Wildman–Crippen MR) is 75.4 cm³/mol. The number of amides is 1. The molecule has 0 bridgehead atoms. The van der Waals surface area contributed by atoms with Gasteiger partial charge >= 0.3 is 0 Å². The third-order valence-electron chi connectivity index (χ3n) is 2.57. The van der Waals surface area contributed by atoms with Crippen LogP contribution in [0.25, 0.3) is 0 Å². The van der Waals surface area contributed by atoms with Crippen LogP contribution >= 0.6 is 0 Å². The first-order valence-electron chi connectivity index (χ1n) is 6.26. The van der Waals surface area contributed by atoms with Crippen LogP contribution < -0.4 is 15.8 Å². The molecular weight excluding hydrogens is 258 g/mol. The number of carbonyl (C=O) groups is 1. The Morgan fingerprint density at radius 1 is 1.50 bits per heavy atom. The topological polar surface area (TPSA) is 95.1 Å². The molecule has 2 aromatic rings. The standard InChI is InChI=1S/C13H17N5O2/c1-3-20-11-6-9(2)4-5-10(11)16-12(19)7-18-8-15-13(14)17-18/h4-6,8H,3,7H2,1-2H3,(H2,14,17)(H,16,19). The fraction of sp³-hybridized carbons (Fsp3) is 0.308. The van der Waals surface area contributed by atoms with E-state index in [1.807, 2.05) is 32.0 Å². The van der Waals surface area contributed by atoms with Crippen molar-refractivity contribution in [2.24, 2.45) is 0 Å². The van der Waals surface area contributed by atoms with Crippen molar-refractivity contribution in [1.29, 1.82) is 0 Å². The summed E-state index contributed by atoms with van der Waals surface area (Å²) in [6, 6.07) is 5.60. The van der Waals surface area contributed by atoms with Crippen molar-refractivity contribution in [2.75, 3.05) is 17.7 Å². The van der Waals surface area contributed by atoms with Crippen LogP contribution in [0.4, 0.5) is 11.6 Å². The Bertz CT molecular complexity index is 609. The van der Waals surface area contributed by atoms with Crippen LogP contribution in [-0.2, 0) is 11.3 Å². The van der Waals surface area contributed by atoms with E-state index in [4.69, 9.17) is 10.5 Å². The Morgan fingerprint density at radius 3 is 2.95 bits per heavy atom. The number of benzene rings is 1. The lowest BCUT2D eigenvalue weighted by atomic mass is 10.2. The Labute approximate surface area is 116 Å². The first-order chi connectivity index (χ1) is 9.58. The van der Waals surface area contributed by atoms with Gasteiger partial charge in [-0.05, 0) is 31.5 Å². The van der Waals surface area contributed by atoms with Crippen LogP contribution in [-0.4, -0.2) is 27.3 Å². The quantitative estimate of drug-likeness (QED) is 0.855. The molecule has 7 heteroatoms. The minimum absolute atomic E-state index is 0.0453. The van der Waals surface area contributed by atoms with Gasteiger partial charge in [0.1, 0.15) is 18.6 Å². The number of nitrogens with two attached hydrogens (primary N) is 1. The highest BCUT2D eigenvalue weighted by Gasteiger charge is 2.09. The molecule has 20 heavy (non-hydrogen) atoms. The lowest BCUT2D eigenvalue weighted by Gasteiger charge is -2.12. The van der Waals surface area contributed by atoms with Gasteiger partial charge in [0.15, 0.2) is 0 Å². The SMILES string of the molecule is CCOc1cc(C)ccc1NC(=O)Cn1cnc(N)n1. The monoisotopic (exact) mass is 275 g/mol. The zero-order valence-corrected chi connectivity index (χ0v) is 11.5. The first kappa shape index (κ1) is 13.9. The minimum atomic E-state index is -0.222. The lowest BCUT2D eigenvalue weighted by Crippen LogP contribution is -2.19. The van der Waals surface area contributed by atoms with E-state index in [2.05, 4.69) is 15.4 Å². The maximum absolute atomic E-state index is 11.9. The molecule has 0 aliphatic carbocycles. The normalized spacial score (nSPS) is 10.3. The molecule has 0 saturated carbocycles. The fourth-order valence-electron chi connectivity index (χ4n) is 1.73. The number of ether oxygens (including phenoxy) is 1. The van der Waals surface area contributed by atoms with Crippen molar-refractivity contribution in [1.82, 2.24) is 14.8 Å². The molecule has 106 valence electrons. The fourth-order valence-corrected chi connectivity index (χ4v) is 1.73. The van der Waals surface area contributed by atoms with Gasteiger partial charge in [-0.2, -0.15) is 0 Å². The number of rotatable bonds is 5. The van der Waals surface area contributed by atoms with E-state index in [0.717, 1.165) is 5.56 Å². The summed E-state index contributed by atoms with van der Waals surface area (Å²) in [6.07, 6.45) is 1.41. The zero-order chi connectivity index (χ0) is 14.5. The average Bonchev–Trinajstić information content (AvgIpc) is 2.78. The van der Waals surface area contributed by atoms with E-state index in [-0.39, 0.29) is 18.4 Å². The molecular formula is C13H17N5O2. The second-order valence-electron chi connectivity index (χ2n) is 4.28. The second-order valence-corrected chi connectivity index (χ2v) is 4.28. The number of nitrogens with one attached hydrogen (secondary N) is 1. The zero-order valence-electron chi connectivity index (χ0n) is 11.5. The van der Waals surface area contributed by atoms with Crippen LogP contribution in [0.2, 0.25) is 0 Å². The van der Waals surface area contributed by atoms with Gasteiger partial charge in [0.2, 0.25) is 11.9 Å². The number of aryl methyl sites for hydroxylation is 1. The van der Waals surface area contributed by atoms with Gasteiger partial charge in [-0.3, -0.25) is 4.79 Å². The highest BCUT2D eigenvalue weighted by atomic mass is 16.5. The van der Waals surface area contributed by atoms with Crippen molar-refractivity contribution in [3.05, 3.63) is 30.1 Å². The molecule has 0 unspecified atom stereocenters. The molecule has 0 fully saturated rings. The van der Waals surface area contributed by atoms with Crippen molar-refractivity contribution in [3.63, 3.8) is 0 Å². The summed E-state index contributed by atoms with van der Waals surface area (Å²) in [6.45, 7) is 4.44. The van der Waals surface area contributed by atoms with Crippen LogP contribution in [0.1, 0.15) is 12.5 Å². The number of nitrogen functional groups attached to an aromatic ring is 1. The molecule has 2 rings (SSSR count). The largest absolute Gasteiger partial charge is 0.492 e. The minimum Gasteiger partial charge on any atom is -0.492 e. The molecule has 0 aliphatic rings. The summed E-state index contributed by atoms with van der Waals surface area (Å²) in [5.41, 5.74) is 7.09. The van der Waals surface area contributed by atoms with Gasteiger partial charge in [-0.25, -0.2) is 9.67 Å². The molecule has 1 aromatic carbocycles. The second kappa shape index (κ2) is 6.05.